The van der Waals surface area contributed by atoms with Crippen molar-refractivity contribution in [3.63, 3.8) is 0 Å². The zero-order chi connectivity index (χ0) is 8.72. The van der Waals surface area contributed by atoms with Crippen LogP contribution < -0.4 is 11.3 Å². The fourth-order valence-corrected chi connectivity index (χ4v) is 1.91. The predicted octanol–water partition coefficient (Wildman–Crippen LogP) is 0.875. The lowest BCUT2D eigenvalue weighted by Crippen LogP contribution is -2.06. The van der Waals surface area contributed by atoms with Crippen LogP contribution in [0.25, 0.3) is 10.2 Å². The van der Waals surface area contributed by atoms with E-state index in [9.17, 15) is 4.79 Å². The second-order valence-corrected chi connectivity index (χ2v) is 3.61. The summed E-state index contributed by atoms with van der Waals surface area (Å²) in [6, 6.07) is 1.87. The number of nitrogens with zero attached hydrogens (tertiary/aromatic N) is 1. The lowest BCUT2D eigenvalue weighted by atomic mass is 10.4. The molecular formula is C7H7N3OS. The van der Waals surface area contributed by atoms with Crippen LogP contribution in [-0.4, -0.2) is 9.97 Å². The highest BCUT2D eigenvalue weighted by Gasteiger charge is 2.04. The van der Waals surface area contributed by atoms with Crippen LogP contribution in [0.15, 0.2) is 10.9 Å². The second-order valence-electron chi connectivity index (χ2n) is 2.55. The standard InChI is InChI=1S/C7H7N3OS/c1-3-2-4-5(6(11)9-3)10-7(8)12-4/h2H,1H3,(H2,8,10)(H,9,11). The van der Waals surface area contributed by atoms with Crippen molar-refractivity contribution in [3.05, 3.63) is 22.1 Å². The van der Waals surface area contributed by atoms with Gasteiger partial charge in [-0.05, 0) is 13.0 Å². The van der Waals surface area contributed by atoms with Gasteiger partial charge >= 0.3 is 0 Å². The summed E-state index contributed by atoms with van der Waals surface area (Å²) >= 11 is 1.33. The zero-order valence-corrected chi connectivity index (χ0v) is 7.23. The van der Waals surface area contributed by atoms with Crippen molar-refractivity contribution in [2.75, 3.05) is 5.73 Å². The molecule has 0 unspecified atom stereocenters. The van der Waals surface area contributed by atoms with Gasteiger partial charge in [-0.2, -0.15) is 0 Å². The van der Waals surface area contributed by atoms with E-state index in [-0.39, 0.29) is 5.56 Å². The van der Waals surface area contributed by atoms with Crippen molar-refractivity contribution in [2.24, 2.45) is 0 Å². The molecule has 2 rings (SSSR count). The number of nitrogens with one attached hydrogen (secondary N) is 1. The van der Waals surface area contributed by atoms with E-state index in [0.717, 1.165) is 10.4 Å². The molecular weight excluding hydrogens is 174 g/mol. The Hall–Kier alpha value is -1.36. The molecule has 0 saturated heterocycles. The van der Waals surface area contributed by atoms with Gasteiger partial charge in [-0.1, -0.05) is 11.3 Å². The van der Waals surface area contributed by atoms with Gasteiger partial charge in [0.1, 0.15) is 5.52 Å². The SMILES string of the molecule is Cc1cc2sc(N)nc2c(=O)[nH]1. The fourth-order valence-electron chi connectivity index (χ4n) is 1.08. The number of anilines is 1. The molecule has 0 spiro atoms. The predicted molar refractivity (Wildman–Crippen MR) is 49.4 cm³/mol. The van der Waals surface area contributed by atoms with Gasteiger partial charge in [-0.15, -0.1) is 0 Å². The van der Waals surface area contributed by atoms with Gasteiger partial charge in [0.2, 0.25) is 0 Å². The Morgan fingerprint density at radius 1 is 1.67 bits per heavy atom. The maximum absolute atomic E-state index is 11.2. The lowest BCUT2D eigenvalue weighted by molar-refractivity contribution is 1.16. The maximum atomic E-state index is 11.2. The van der Waals surface area contributed by atoms with E-state index in [1.807, 2.05) is 13.0 Å². The van der Waals surface area contributed by atoms with E-state index >= 15 is 0 Å². The van der Waals surface area contributed by atoms with E-state index < -0.39 is 0 Å². The molecule has 0 aromatic carbocycles. The molecule has 0 aliphatic heterocycles. The highest BCUT2D eigenvalue weighted by molar-refractivity contribution is 7.22. The quantitative estimate of drug-likeness (QED) is 0.633. The zero-order valence-electron chi connectivity index (χ0n) is 6.42. The Bertz CT molecular complexity index is 485. The monoisotopic (exact) mass is 181 g/mol. The first kappa shape index (κ1) is 7.30. The summed E-state index contributed by atoms with van der Waals surface area (Å²) in [5.74, 6) is 0. The number of fused-ring (bicyclic) bond motifs is 1. The number of rotatable bonds is 0. The van der Waals surface area contributed by atoms with E-state index in [1.165, 1.54) is 11.3 Å². The first-order valence-corrected chi connectivity index (χ1v) is 4.24. The summed E-state index contributed by atoms with van der Waals surface area (Å²) in [7, 11) is 0. The molecule has 5 heteroatoms. The molecule has 0 aliphatic carbocycles. The topological polar surface area (TPSA) is 71.8 Å². The summed E-state index contributed by atoms with van der Waals surface area (Å²) in [4.78, 5) is 17.8. The summed E-state index contributed by atoms with van der Waals surface area (Å²) < 4.78 is 0.841. The molecule has 0 fully saturated rings. The average molecular weight is 181 g/mol. The number of pyridine rings is 1. The third-order valence-corrected chi connectivity index (χ3v) is 2.37. The van der Waals surface area contributed by atoms with Crippen molar-refractivity contribution in [1.29, 1.82) is 0 Å². The minimum Gasteiger partial charge on any atom is -0.375 e. The Morgan fingerprint density at radius 2 is 2.42 bits per heavy atom. The van der Waals surface area contributed by atoms with Crippen LogP contribution in [0.1, 0.15) is 5.69 Å². The van der Waals surface area contributed by atoms with Crippen molar-refractivity contribution in [2.45, 2.75) is 6.92 Å². The number of hydrogen-bond acceptors (Lipinski definition) is 4. The summed E-state index contributed by atoms with van der Waals surface area (Å²) in [5.41, 5.74) is 6.56. The molecule has 4 nitrogen and oxygen atoms in total. The van der Waals surface area contributed by atoms with Gasteiger partial charge in [0.05, 0.1) is 4.70 Å². The summed E-state index contributed by atoms with van der Waals surface area (Å²) in [5, 5.41) is 0.432. The molecule has 0 saturated carbocycles. The van der Waals surface area contributed by atoms with Crippen molar-refractivity contribution in [3.8, 4) is 0 Å². The van der Waals surface area contributed by atoms with Crippen LogP contribution in [0.4, 0.5) is 5.13 Å². The van der Waals surface area contributed by atoms with Crippen LogP contribution in [0.2, 0.25) is 0 Å². The van der Waals surface area contributed by atoms with Crippen molar-refractivity contribution >= 4 is 26.7 Å². The Kier molecular flexibility index (Phi) is 1.41. The minimum absolute atomic E-state index is 0.169. The second kappa shape index (κ2) is 2.31. The van der Waals surface area contributed by atoms with Crippen molar-refractivity contribution < 1.29 is 0 Å². The van der Waals surface area contributed by atoms with Crippen LogP contribution >= 0.6 is 11.3 Å². The third-order valence-electron chi connectivity index (χ3n) is 1.54. The van der Waals surface area contributed by atoms with Crippen LogP contribution in [0.5, 0.6) is 0 Å². The molecule has 2 aromatic heterocycles. The molecule has 0 bridgehead atoms. The molecule has 0 atom stereocenters. The molecule has 62 valence electrons. The Balaban J connectivity index is 2.98. The summed E-state index contributed by atoms with van der Waals surface area (Å²) in [6.07, 6.45) is 0. The first-order chi connectivity index (χ1) is 5.66. The van der Waals surface area contributed by atoms with E-state index in [2.05, 4.69) is 9.97 Å². The number of nitrogen functional groups attached to an aromatic ring is 1. The van der Waals surface area contributed by atoms with Gasteiger partial charge in [0.15, 0.2) is 5.13 Å². The molecule has 0 amide bonds. The molecule has 0 radical (unpaired) electrons. The van der Waals surface area contributed by atoms with Gasteiger partial charge in [-0.3, -0.25) is 4.79 Å². The number of nitrogens with two attached hydrogens (primary N) is 1. The van der Waals surface area contributed by atoms with Crippen LogP contribution in [-0.2, 0) is 0 Å². The third kappa shape index (κ3) is 0.984. The number of H-pyrrole nitrogens is 1. The van der Waals surface area contributed by atoms with Gasteiger partial charge in [0, 0.05) is 5.69 Å². The molecule has 2 aromatic rings. The van der Waals surface area contributed by atoms with E-state index in [4.69, 9.17) is 5.73 Å². The molecule has 2 heterocycles. The van der Waals surface area contributed by atoms with Crippen LogP contribution in [0.3, 0.4) is 0 Å². The maximum Gasteiger partial charge on any atom is 0.275 e. The number of aromatic nitrogens is 2. The van der Waals surface area contributed by atoms with E-state index in [1.54, 1.807) is 0 Å². The van der Waals surface area contributed by atoms with Gasteiger partial charge in [0.25, 0.3) is 5.56 Å². The van der Waals surface area contributed by atoms with E-state index in [0.29, 0.717) is 10.6 Å². The Morgan fingerprint density at radius 3 is 3.17 bits per heavy atom. The van der Waals surface area contributed by atoms with Gasteiger partial charge in [-0.25, -0.2) is 4.98 Å². The largest absolute Gasteiger partial charge is 0.375 e. The average Bonchev–Trinajstić information content (AvgIpc) is 2.29. The van der Waals surface area contributed by atoms with Gasteiger partial charge < -0.3 is 10.7 Å². The van der Waals surface area contributed by atoms with Crippen LogP contribution in [0, 0.1) is 6.92 Å². The summed E-state index contributed by atoms with van der Waals surface area (Å²) in [6.45, 7) is 1.83. The highest BCUT2D eigenvalue weighted by atomic mass is 32.1. The minimum atomic E-state index is -0.169. The Labute approximate surface area is 72.1 Å². The van der Waals surface area contributed by atoms with Crippen molar-refractivity contribution in [1.82, 2.24) is 9.97 Å². The molecule has 3 N–H and O–H groups in total. The number of aromatic amines is 1. The number of thiazole rings is 1. The number of aryl methyl sites for hydroxylation is 1. The number of hydrogen-bond donors (Lipinski definition) is 2. The smallest absolute Gasteiger partial charge is 0.275 e. The normalized spacial score (nSPS) is 10.8. The highest BCUT2D eigenvalue weighted by Crippen LogP contribution is 2.20. The lowest BCUT2D eigenvalue weighted by Gasteiger charge is -1.89. The first-order valence-electron chi connectivity index (χ1n) is 3.43. The fraction of sp³-hybridized carbons (Fsp3) is 0.143. The molecule has 12 heavy (non-hydrogen) atoms. The molecule has 0 aliphatic rings.